The van der Waals surface area contributed by atoms with Crippen molar-refractivity contribution < 1.29 is 8.42 Å². The molecule has 0 unspecified atom stereocenters. The minimum Gasteiger partial charge on any atom is -0.356 e. The Labute approximate surface area is 141 Å². The molecular weight excluding hydrogens is 330 g/mol. The zero-order chi connectivity index (χ0) is 17.2. The number of imidazole rings is 1. The van der Waals surface area contributed by atoms with Crippen molar-refractivity contribution in [3.05, 3.63) is 30.6 Å². The normalized spacial score (nSPS) is 16.5. The Kier molecular flexibility index (Phi) is 4.78. The predicted molar refractivity (Wildman–Crippen MR) is 89.9 cm³/mol. The number of nitrogens with zero attached hydrogens (tertiary/aromatic N) is 5. The molecule has 0 amide bonds. The maximum Gasteiger partial charge on any atom is 0.274 e. The van der Waals surface area contributed by atoms with Gasteiger partial charge < -0.3 is 4.90 Å². The molecule has 3 rings (SSSR count). The second-order valence-corrected chi connectivity index (χ2v) is 7.28. The molecule has 24 heavy (non-hydrogen) atoms. The summed E-state index contributed by atoms with van der Waals surface area (Å²) in [7, 11) is -3.62. The third-order valence-electron chi connectivity index (χ3n) is 4.22. The second-order valence-electron chi connectivity index (χ2n) is 5.90. The maximum absolute atomic E-state index is 11.0. The van der Waals surface area contributed by atoms with Crippen molar-refractivity contribution >= 4 is 16.0 Å². The summed E-state index contributed by atoms with van der Waals surface area (Å²) in [6, 6.07) is 1.94. The van der Waals surface area contributed by atoms with Crippen LogP contribution in [0, 0.1) is 12.8 Å². The Balaban J connectivity index is 1.64. The molecule has 3 N–H and O–H groups in total. The number of aromatic nitrogens is 4. The van der Waals surface area contributed by atoms with Gasteiger partial charge in [-0.2, -0.15) is 8.42 Å². The molecule has 0 atom stereocenters. The lowest BCUT2D eigenvalue weighted by molar-refractivity contribution is 0.400. The van der Waals surface area contributed by atoms with Gasteiger partial charge in [0.25, 0.3) is 10.2 Å². The minimum atomic E-state index is -3.62. The molecule has 0 saturated carbocycles. The molecule has 0 radical (unpaired) electrons. The van der Waals surface area contributed by atoms with E-state index in [9.17, 15) is 8.42 Å². The van der Waals surface area contributed by atoms with Crippen LogP contribution in [0.5, 0.6) is 0 Å². The highest BCUT2D eigenvalue weighted by Gasteiger charge is 2.21. The Hall–Kier alpha value is -2.04. The van der Waals surface area contributed by atoms with Crippen molar-refractivity contribution in [3.8, 4) is 5.82 Å². The van der Waals surface area contributed by atoms with E-state index in [2.05, 4.69) is 24.6 Å². The first-order chi connectivity index (χ1) is 11.4. The molecule has 0 bridgehead atoms. The van der Waals surface area contributed by atoms with Crippen LogP contribution in [0.2, 0.25) is 0 Å². The summed E-state index contributed by atoms with van der Waals surface area (Å²) in [6.07, 6.45) is 6.92. The summed E-state index contributed by atoms with van der Waals surface area (Å²) in [4.78, 5) is 15.1. The van der Waals surface area contributed by atoms with Crippen molar-refractivity contribution in [1.29, 1.82) is 0 Å². The number of piperidine rings is 1. The monoisotopic (exact) mass is 351 g/mol. The Morgan fingerprint density at radius 3 is 2.58 bits per heavy atom. The van der Waals surface area contributed by atoms with Gasteiger partial charge in [-0.1, -0.05) is 0 Å². The molecule has 0 aliphatic carbocycles. The van der Waals surface area contributed by atoms with Gasteiger partial charge in [-0.15, -0.1) is 0 Å². The van der Waals surface area contributed by atoms with Crippen LogP contribution in [0.1, 0.15) is 18.7 Å². The van der Waals surface area contributed by atoms with Crippen LogP contribution in [0.4, 0.5) is 5.82 Å². The highest BCUT2D eigenvalue weighted by Crippen LogP contribution is 2.22. The van der Waals surface area contributed by atoms with Crippen molar-refractivity contribution in [2.24, 2.45) is 11.1 Å². The van der Waals surface area contributed by atoms with Crippen LogP contribution in [0.25, 0.3) is 5.82 Å². The van der Waals surface area contributed by atoms with Gasteiger partial charge in [0, 0.05) is 38.1 Å². The van der Waals surface area contributed by atoms with Crippen LogP contribution < -0.4 is 14.8 Å². The van der Waals surface area contributed by atoms with Gasteiger partial charge in [0.2, 0.25) is 0 Å². The third kappa shape index (κ3) is 4.08. The molecule has 2 aromatic heterocycles. The molecular formula is C14H21N7O2S. The van der Waals surface area contributed by atoms with E-state index in [0.29, 0.717) is 6.54 Å². The zero-order valence-electron chi connectivity index (χ0n) is 13.5. The van der Waals surface area contributed by atoms with Crippen LogP contribution in [0.15, 0.2) is 24.8 Å². The van der Waals surface area contributed by atoms with E-state index in [0.717, 1.165) is 43.4 Å². The Morgan fingerprint density at radius 1 is 1.25 bits per heavy atom. The fraction of sp³-hybridized carbons (Fsp3) is 0.500. The first-order valence-electron chi connectivity index (χ1n) is 7.77. The van der Waals surface area contributed by atoms with Gasteiger partial charge >= 0.3 is 0 Å². The SMILES string of the molecule is Cc1nccn1-c1cc(N2CCC(CNS(N)(=O)=O)CC2)ncn1. The van der Waals surface area contributed by atoms with Gasteiger partial charge in [0.05, 0.1) is 0 Å². The van der Waals surface area contributed by atoms with Gasteiger partial charge in [0.15, 0.2) is 0 Å². The standard InChI is InChI=1S/C14H21N7O2S/c1-11-16-4-7-21(11)14-8-13(17-10-18-14)20-5-2-12(3-6-20)9-19-24(15,22)23/h4,7-8,10,12,19H,2-3,5-6,9H2,1H3,(H2,15,22,23). The third-order valence-corrected chi connectivity index (χ3v) is 4.79. The highest BCUT2D eigenvalue weighted by molar-refractivity contribution is 7.87. The first kappa shape index (κ1) is 16.8. The number of hydrogen-bond donors (Lipinski definition) is 2. The van der Waals surface area contributed by atoms with E-state index < -0.39 is 10.2 Å². The van der Waals surface area contributed by atoms with E-state index in [1.165, 1.54) is 0 Å². The summed E-state index contributed by atoms with van der Waals surface area (Å²) >= 11 is 0. The van der Waals surface area contributed by atoms with Crippen molar-refractivity contribution in [2.75, 3.05) is 24.5 Å². The average molecular weight is 351 g/mol. The van der Waals surface area contributed by atoms with Gasteiger partial charge in [-0.25, -0.2) is 24.8 Å². The molecule has 0 aromatic carbocycles. The van der Waals surface area contributed by atoms with Crippen LogP contribution in [-0.4, -0.2) is 47.6 Å². The van der Waals surface area contributed by atoms with Crippen molar-refractivity contribution in [2.45, 2.75) is 19.8 Å². The fourth-order valence-corrected chi connectivity index (χ4v) is 3.33. The molecule has 2 aromatic rings. The van der Waals surface area contributed by atoms with Crippen molar-refractivity contribution in [1.82, 2.24) is 24.2 Å². The van der Waals surface area contributed by atoms with Gasteiger partial charge in [0.1, 0.15) is 23.8 Å². The highest BCUT2D eigenvalue weighted by atomic mass is 32.2. The van der Waals surface area contributed by atoms with Crippen LogP contribution >= 0.6 is 0 Å². The molecule has 3 heterocycles. The zero-order valence-corrected chi connectivity index (χ0v) is 14.3. The molecule has 10 heteroatoms. The molecule has 1 saturated heterocycles. The maximum atomic E-state index is 11.0. The van der Waals surface area contributed by atoms with Crippen molar-refractivity contribution in [3.63, 3.8) is 0 Å². The quantitative estimate of drug-likeness (QED) is 0.781. The second kappa shape index (κ2) is 6.83. The average Bonchev–Trinajstić information content (AvgIpc) is 2.99. The molecule has 130 valence electrons. The number of aryl methyl sites for hydroxylation is 1. The number of anilines is 1. The number of nitrogens with one attached hydrogen (secondary N) is 1. The van der Waals surface area contributed by atoms with Gasteiger partial charge in [-0.3, -0.25) is 4.57 Å². The predicted octanol–water partition coefficient (Wildman–Crippen LogP) is -0.0198. The number of rotatable bonds is 5. The summed E-state index contributed by atoms with van der Waals surface area (Å²) in [5.74, 6) is 2.81. The summed E-state index contributed by atoms with van der Waals surface area (Å²) in [6.45, 7) is 3.94. The topological polar surface area (TPSA) is 119 Å². The first-order valence-corrected chi connectivity index (χ1v) is 9.32. The Morgan fingerprint density at radius 2 is 1.96 bits per heavy atom. The summed E-state index contributed by atoms with van der Waals surface area (Å²) < 4.78 is 26.2. The number of nitrogens with two attached hydrogens (primary N) is 1. The van der Waals surface area contributed by atoms with Crippen LogP contribution in [-0.2, 0) is 10.2 Å². The fourth-order valence-electron chi connectivity index (χ4n) is 2.86. The minimum absolute atomic E-state index is 0.289. The van der Waals surface area contributed by atoms with E-state index in [-0.39, 0.29) is 5.92 Å². The molecule has 0 spiro atoms. The van der Waals surface area contributed by atoms with Gasteiger partial charge in [-0.05, 0) is 25.7 Å². The number of hydrogen-bond acceptors (Lipinski definition) is 6. The molecule has 9 nitrogen and oxygen atoms in total. The van der Waals surface area contributed by atoms with E-state index in [1.807, 2.05) is 23.8 Å². The lowest BCUT2D eigenvalue weighted by atomic mass is 9.97. The van der Waals surface area contributed by atoms with E-state index in [4.69, 9.17) is 5.14 Å². The molecule has 1 aliphatic rings. The van der Waals surface area contributed by atoms with E-state index >= 15 is 0 Å². The summed E-state index contributed by atoms with van der Waals surface area (Å²) in [5.41, 5.74) is 0. The smallest absolute Gasteiger partial charge is 0.274 e. The lowest BCUT2D eigenvalue weighted by Crippen LogP contribution is -2.40. The molecule has 1 fully saturated rings. The lowest BCUT2D eigenvalue weighted by Gasteiger charge is -2.32. The summed E-state index contributed by atoms with van der Waals surface area (Å²) in [5, 5.41) is 4.97. The largest absolute Gasteiger partial charge is 0.356 e. The Bertz CT molecular complexity index is 797. The van der Waals surface area contributed by atoms with E-state index in [1.54, 1.807) is 12.5 Å². The van der Waals surface area contributed by atoms with Crippen LogP contribution in [0.3, 0.4) is 0 Å². The molecule has 1 aliphatic heterocycles.